The molecule has 0 aliphatic carbocycles. The van der Waals surface area contributed by atoms with Crippen LogP contribution >= 0.6 is 11.3 Å². The van der Waals surface area contributed by atoms with Crippen molar-refractivity contribution in [3.05, 3.63) is 44.2 Å². The van der Waals surface area contributed by atoms with Gasteiger partial charge in [0.1, 0.15) is 4.21 Å². The summed E-state index contributed by atoms with van der Waals surface area (Å²) in [7, 11) is -3.60. The molecule has 2 rings (SSSR count). The molecule has 8 heteroatoms. The molecule has 0 saturated heterocycles. The van der Waals surface area contributed by atoms with Gasteiger partial charge in [0.15, 0.2) is 0 Å². The van der Waals surface area contributed by atoms with E-state index in [2.05, 4.69) is 14.9 Å². The van der Waals surface area contributed by atoms with Crippen LogP contribution in [-0.4, -0.2) is 18.6 Å². The van der Waals surface area contributed by atoms with Crippen LogP contribution in [0.15, 0.2) is 21.1 Å². The molecular weight excluding hydrogens is 322 g/mol. The predicted octanol–water partition coefficient (Wildman–Crippen LogP) is 1.74. The van der Waals surface area contributed by atoms with Crippen molar-refractivity contribution < 1.29 is 8.42 Å². The van der Waals surface area contributed by atoms with Gasteiger partial charge in [-0.25, -0.2) is 18.2 Å². The van der Waals surface area contributed by atoms with Gasteiger partial charge in [-0.05, 0) is 37.5 Å². The molecule has 0 amide bonds. The molecule has 120 valence electrons. The van der Waals surface area contributed by atoms with E-state index in [1.165, 1.54) is 11.3 Å². The Labute approximate surface area is 133 Å². The fourth-order valence-corrected chi connectivity index (χ4v) is 4.58. The quantitative estimate of drug-likeness (QED) is 0.837. The Morgan fingerprint density at radius 3 is 2.50 bits per heavy atom. The van der Waals surface area contributed by atoms with Crippen LogP contribution in [0.25, 0.3) is 0 Å². The van der Waals surface area contributed by atoms with Gasteiger partial charge in [-0.3, -0.25) is 4.79 Å². The summed E-state index contributed by atoms with van der Waals surface area (Å²) in [6.45, 7) is 5.69. The van der Waals surface area contributed by atoms with Gasteiger partial charge in [0.2, 0.25) is 10.0 Å². The lowest BCUT2D eigenvalue weighted by Gasteiger charge is -2.11. The van der Waals surface area contributed by atoms with Crippen molar-refractivity contribution in [1.29, 1.82) is 0 Å². The first-order valence-corrected chi connectivity index (χ1v) is 9.34. The number of nitrogens with one attached hydrogen (secondary N) is 2. The molecule has 0 aliphatic heterocycles. The molecule has 2 heterocycles. The maximum Gasteiger partial charge on any atom is 0.268 e. The first kappa shape index (κ1) is 16.9. The molecular formula is C14H19N3O3S2. The first-order chi connectivity index (χ1) is 10.4. The van der Waals surface area contributed by atoms with E-state index in [4.69, 9.17) is 0 Å². The van der Waals surface area contributed by atoms with E-state index in [-0.39, 0.29) is 16.3 Å². The second kappa shape index (κ2) is 6.72. The standard InChI is InChI=1S/C14H19N3O3S2/c1-4-10-11(14(18)17-16-12(10)5-2)8-15-22(19,20)13-7-6-9(3)21-13/h6-7,15H,4-5,8H2,1-3H3,(H,17,18). The van der Waals surface area contributed by atoms with Crippen LogP contribution in [0.1, 0.15) is 35.5 Å². The molecule has 2 N–H and O–H groups in total. The topological polar surface area (TPSA) is 91.9 Å². The minimum atomic E-state index is -3.60. The fourth-order valence-electron chi connectivity index (χ4n) is 2.26. The van der Waals surface area contributed by atoms with Crippen molar-refractivity contribution in [3.8, 4) is 0 Å². The highest BCUT2D eigenvalue weighted by Crippen LogP contribution is 2.20. The van der Waals surface area contributed by atoms with Gasteiger partial charge in [-0.15, -0.1) is 11.3 Å². The Morgan fingerprint density at radius 1 is 1.23 bits per heavy atom. The number of aromatic nitrogens is 2. The Hall–Kier alpha value is -1.51. The van der Waals surface area contributed by atoms with Gasteiger partial charge < -0.3 is 0 Å². The summed E-state index contributed by atoms with van der Waals surface area (Å²) in [5.74, 6) is 0. The van der Waals surface area contributed by atoms with Gasteiger partial charge >= 0.3 is 0 Å². The summed E-state index contributed by atoms with van der Waals surface area (Å²) in [6.07, 6.45) is 1.32. The van der Waals surface area contributed by atoms with Crippen molar-refractivity contribution >= 4 is 21.4 Å². The molecule has 0 bridgehead atoms. The Bertz CT molecular complexity index is 822. The third-order valence-electron chi connectivity index (χ3n) is 3.39. The van der Waals surface area contributed by atoms with Crippen molar-refractivity contribution in [3.63, 3.8) is 0 Å². The zero-order valence-electron chi connectivity index (χ0n) is 12.8. The lowest BCUT2D eigenvalue weighted by molar-refractivity contribution is 0.582. The van der Waals surface area contributed by atoms with Crippen molar-refractivity contribution in [2.45, 2.75) is 44.4 Å². The number of thiophene rings is 1. The minimum Gasteiger partial charge on any atom is -0.268 e. The number of hydrogen-bond donors (Lipinski definition) is 2. The summed E-state index contributed by atoms with van der Waals surface area (Å²) >= 11 is 1.20. The summed E-state index contributed by atoms with van der Waals surface area (Å²) < 4.78 is 27.3. The van der Waals surface area contributed by atoms with E-state index in [9.17, 15) is 13.2 Å². The molecule has 6 nitrogen and oxygen atoms in total. The number of H-pyrrole nitrogens is 1. The van der Waals surface area contributed by atoms with Crippen molar-refractivity contribution in [2.75, 3.05) is 0 Å². The monoisotopic (exact) mass is 341 g/mol. The number of hydrogen-bond acceptors (Lipinski definition) is 5. The zero-order chi connectivity index (χ0) is 16.3. The molecule has 0 aliphatic rings. The third kappa shape index (κ3) is 3.45. The lowest BCUT2D eigenvalue weighted by atomic mass is 10.0. The summed E-state index contributed by atoms with van der Waals surface area (Å²) in [5.41, 5.74) is 1.70. The number of nitrogens with zero attached hydrogens (tertiary/aromatic N) is 1. The molecule has 0 fully saturated rings. The average molecular weight is 341 g/mol. The number of rotatable bonds is 6. The molecule has 0 saturated carbocycles. The average Bonchev–Trinajstić information content (AvgIpc) is 2.93. The maximum atomic E-state index is 12.3. The largest absolute Gasteiger partial charge is 0.268 e. The summed E-state index contributed by atoms with van der Waals surface area (Å²) in [4.78, 5) is 12.9. The lowest BCUT2D eigenvalue weighted by Crippen LogP contribution is -2.29. The van der Waals surface area contributed by atoms with Crippen LogP contribution < -0.4 is 10.3 Å². The molecule has 2 aromatic heterocycles. The predicted molar refractivity (Wildman–Crippen MR) is 86.7 cm³/mol. The van der Waals surface area contributed by atoms with Gasteiger partial charge in [-0.1, -0.05) is 13.8 Å². The van der Waals surface area contributed by atoms with E-state index in [1.807, 2.05) is 20.8 Å². The van der Waals surface area contributed by atoms with E-state index >= 15 is 0 Å². The Kier molecular flexibility index (Phi) is 5.15. The molecule has 0 radical (unpaired) electrons. The number of aryl methyl sites for hydroxylation is 2. The van der Waals surface area contributed by atoms with E-state index in [0.29, 0.717) is 18.4 Å². The van der Waals surface area contributed by atoms with Crippen LogP contribution in [0.5, 0.6) is 0 Å². The first-order valence-electron chi connectivity index (χ1n) is 7.04. The molecule has 0 spiro atoms. The van der Waals surface area contributed by atoms with Crippen LogP contribution in [0.4, 0.5) is 0 Å². The molecule has 0 aromatic carbocycles. The fraction of sp³-hybridized carbons (Fsp3) is 0.429. The normalized spacial score (nSPS) is 11.8. The second-order valence-corrected chi connectivity index (χ2v) is 8.13. The molecule has 2 aromatic rings. The zero-order valence-corrected chi connectivity index (χ0v) is 14.4. The van der Waals surface area contributed by atoms with Gasteiger partial charge in [0, 0.05) is 17.0 Å². The maximum absolute atomic E-state index is 12.3. The summed E-state index contributed by atoms with van der Waals surface area (Å²) in [6, 6.07) is 3.32. The van der Waals surface area contributed by atoms with E-state index in [0.717, 1.165) is 16.1 Å². The summed E-state index contributed by atoms with van der Waals surface area (Å²) in [5, 5.41) is 6.46. The molecule has 22 heavy (non-hydrogen) atoms. The Morgan fingerprint density at radius 2 is 1.95 bits per heavy atom. The van der Waals surface area contributed by atoms with Crippen LogP contribution in [0.3, 0.4) is 0 Å². The van der Waals surface area contributed by atoms with Crippen LogP contribution in [0.2, 0.25) is 0 Å². The van der Waals surface area contributed by atoms with Gasteiger partial charge in [-0.2, -0.15) is 5.10 Å². The highest BCUT2D eigenvalue weighted by atomic mass is 32.2. The van der Waals surface area contributed by atoms with Gasteiger partial charge in [0.25, 0.3) is 5.56 Å². The smallest absolute Gasteiger partial charge is 0.268 e. The third-order valence-corrected chi connectivity index (χ3v) is 6.28. The number of sulfonamides is 1. The van der Waals surface area contributed by atoms with E-state index in [1.54, 1.807) is 12.1 Å². The van der Waals surface area contributed by atoms with Gasteiger partial charge in [0.05, 0.1) is 5.69 Å². The SMILES string of the molecule is CCc1n[nH]c(=O)c(CNS(=O)(=O)c2ccc(C)s2)c1CC. The highest BCUT2D eigenvalue weighted by molar-refractivity contribution is 7.91. The van der Waals surface area contributed by atoms with Crippen LogP contribution in [0, 0.1) is 6.92 Å². The van der Waals surface area contributed by atoms with Crippen molar-refractivity contribution in [2.24, 2.45) is 0 Å². The second-order valence-electron chi connectivity index (χ2n) is 4.85. The number of aromatic amines is 1. The molecule has 0 atom stereocenters. The molecule has 0 unspecified atom stereocenters. The van der Waals surface area contributed by atoms with Crippen LogP contribution in [-0.2, 0) is 29.4 Å². The Balaban J connectivity index is 2.30. The van der Waals surface area contributed by atoms with Crippen molar-refractivity contribution in [1.82, 2.24) is 14.9 Å². The highest BCUT2D eigenvalue weighted by Gasteiger charge is 2.18. The van der Waals surface area contributed by atoms with E-state index < -0.39 is 10.0 Å². The minimum absolute atomic E-state index is 0.0344.